The van der Waals surface area contributed by atoms with Crippen LogP contribution in [0, 0.1) is 6.92 Å². The van der Waals surface area contributed by atoms with Crippen LogP contribution in [0.4, 0.5) is 11.5 Å². The van der Waals surface area contributed by atoms with E-state index < -0.39 is 0 Å². The van der Waals surface area contributed by atoms with Crippen LogP contribution in [-0.4, -0.2) is 33.9 Å². The van der Waals surface area contributed by atoms with Crippen LogP contribution in [0.1, 0.15) is 29.9 Å². The molecule has 0 saturated heterocycles. The van der Waals surface area contributed by atoms with Gasteiger partial charge in [0.2, 0.25) is 0 Å². The second-order valence-corrected chi connectivity index (χ2v) is 4.76. The van der Waals surface area contributed by atoms with E-state index in [1.165, 1.54) is 11.8 Å². The fraction of sp³-hybridized carbons (Fsp3) is 0.312. The molecule has 1 aromatic heterocycles. The molecular formula is C16H20N4O. The van der Waals surface area contributed by atoms with Crippen LogP contribution in [0.15, 0.2) is 36.7 Å². The molecule has 5 nitrogen and oxygen atoms in total. The maximum Gasteiger partial charge on any atom is 0.274 e. The number of rotatable bonds is 5. The molecule has 5 heteroatoms. The first-order chi connectivity index (χ1) is 10.1. The molecule has 0 aliphatic carbocycles. The quantitative estimate of drug-likeness (QED) is 0.917. The summed E-state index contributed by atoms with van der Waals surface area (Å²) in [6.45, 7) is 7.26. The Morgan fingerprint density at radius 3 is 2.52 bits per heavy atom. The fourth-order valence-corrected chi connectivity index (χ4v) is 2.05. The molecule has 110 valence electrons. The second kappa shape index (κ2) is 6.83. The van der Waals surface area contributed by atoms with Crippen molar-refractivity contribution in [3.8, 4) is 0 Å². The summed E-state index contributed by atoms with van der Waals surface area (Å²) in [5.74, 6) is 0.534. The molecule has 21 heavy (non-hydrogen) atoms. The zero-order chi connectivity index (χ0) is 15.2. The van der Waals surface area contributed by atoms with Gasteiger partial charge in [0.25, 0.3) is 5.91 Å². The number of amides is 1. The third kappa shape index (κ3) is 3.78. The van der Waals surface area contributed by atoms with E-state index in [1.54, 1.807) is 11.1 Å². The molecule has 0 atom stereocenters. The van der Waals surface area contributed by atoms with Crippen molar-refractivity contribution in [2.45, 2.75) is 20.8 Å². The molecular weight excluding hydrogens is 264 g/mol. The highest BCUT2D eigenvalue weighted by molar-refractivity contribution is 5.92. The van der Waals surface area contributed by atoms with E-state index in [-0.39, 0.29) is 5.91 Å². The normalized spacial score (nSPS) is 10.2. The van der Waals surface area contributed by atoms with E-state index in [0.717, 1.165) is 5.69 Å². The Balaban J connectivity index is 2.10. The molecule has 0 spiro atoms. The van der Waals surface area contributed by atoms with Crippen molar-refractivity contribution in [3.63, 3.8) is 0 Å². The Hall–Kier alpha value is -2.43. The van der Waals surface area contributed by atoms with Gasteiger partial charge in [0.05, 0.1) is 12.4 Å². The van der Waals surface area contributed by atoms with Gasteiger partial charge in [0, 0.05) is 18.8 Å². The lowest BCUT2D eigenvalue weighted by atomic mass is 10.2. The number of benzene rings is 1. The second-order valence-electron chi connectivity index (χ2n) is 4.76. The largest absolute Gasteiger partial charge is 0.339 e. The number of hydrogen-bond acceptors (Lipinski definition) is 4. The SMILES string of the molecule is CCN(CC)C(=O)c1cnc(Nc2cccc(C)c2)cn1. The first-order valence-corrected chi connectivity index (χ1v) is 7.09. The summed E-state index contributed by atoms with van der Waals surface area (Å²) in [7, 11) is 0. The van der Waals surface area contributed by atoms with Crippen LogP contribution in [0.25, 0.3) is 0 Å². The van der Waals surface area contributed by atoms with Crippen molar-refractivity contribution < 1.29 is 4.79 Å². The standard InChI is InChI=1S/C16H20N4O/c1-4-20(5-2)16(21)14-10-18-15(11-17-14)19-13-8-6-7-12(3)9-13/h6-11H,4-5H2,1-3H3,(H,18,19). The molecule has 2 rings (SSSR count). The van der Waals surface area contributed by atoms with E-state index in [0.29, 0.717) is 24.6 Å². The van der Waals surface area contributed by atoms with Gasteiger partial charge in [-0.05, 0) is 38.5 Å². The zero-order valence-electron chi connectivity index (χ0n) is 12.6. The van der Waals surface area contributed by atoms with E-state index in [1.807, 2.05) is 45.0 Å². The Labute approximate surface area is 125 Å². The van der Waals surface area contributed by atoms with Crippen molar-refractivity contribution in [2.24, 2.45) is 0 Å². The summed E-state index contributed by atoms with van der Waals surface area (Å²) in [4.78, 5) is 22.3. The maximum absolute atomic E-state index is 12.1. The van der Waals surface area contributed by atoms with Crippen LogP contribution >= 0.6 is 0 Å². The number of aromatic nitrogens is 2. The minimum Gasteiger partial charge on any atom is -0.339 e. The summed E-state index contributed by atoms with van der Waals surface area (Å²) >= 11 is 0. The highest BCUT2D eigenvalue weighted by Crippen LogP contribution is 2.15. The molecule has 0 bridgehead atoms. The Morgan fingerprint density at radius 2 is 1.95 bits per heavy atom. The van der Waals surface area contributed by atoms with Crippen LogP contribution in [0.2, 0.25) is 0 Å². The lowest BCUT2D eigenvalue weighted by molar-refractivity contribution is 0.0766. The molecule has 0 aliphatic rings. The van der Waals surface area contributed by atoms with Crippen LogP contribution < -0.4 is 5.32 Å². The smallest absolute Gasteiger partial charge is 0.274 e. The van der Waals surface area contributed by atoms with Crippen LogP contribution in [0.3, 0.4) is 0 Å². The average molecular weight is 284 g/mol. The highest BCUT2D eigenvalue weighted by Gasteiger charge is 2.14. The number of carbonyl (C=O) groups excluding carboxylic acids is 1. The topological polar surface area (TPSA) is 58.1 Å². The molecule has 1 amide bonds. The Bertz CT molecular complexity index is 606. The third-order valence-corrected chi connectivity index (χ3v) is 3.21. The van der Waals surface area contributed by atoms with Crippen molar-refractivity contribution in [1.82, 2.24) is 14.9 Å². The molecule has 1 heterocycles. The number of aryl methyl sites for hydroxylation is 1. The fourth-order valence-electron chi connectivity index (χ4n) is 2.05. The van der Waals surface area contributed by atoms with Gasteiger partial charge >= 0.3 is 0 Å². The number of nitrogens with zero attached hydrogens (tertiary/aromatic N) is 3. The monoisotopic (exact) mass is 284 g/mol. The maximum atomic E-state index is 12.1. The van der Waals surface area contributed by atoms with Gasteiger partial charge in [-0.25, -0.2) is 9.97 Å². The zero-order valence-corrected chi connectivity index (χ0v) is 12.6. The van der Waals surface area contributed by atoms with E-state index in [2.05, 4.69) is 15.3 Å². The van der Waals surface area contributed by atoms with Crippen molar-refractivity contribution in [1.29, 1.82) is 0 Å². The summed E-state index contributed by atoms with van der Waals surface area (Å²) in [5, 5.41) is 3.17. The van der Waals surface area contributed by atoms with Gasteiger partial charge in [-0.15, -0.1) is 0 Å². The molecule has 1 N–H and O–H groups in total. The molecule has 0 fully saturated rings. The molecule has 1 aromatic carbocycles. The first-order valence-electron chi connectivity index (χ1n) is 7.09. The lowest BCUT2D eigenvalue weighted by Gasteiger charge is -2.17. The molecule has 0 unspecified atom stereocenters. The van der Waals surface area contributed by atoms with Crippen molar-refractivity contribution in [2.75, 3.05) is 18.4 Å². The van der Waals surface area contributed by atoms with Gasteiger partial charge in [-0.3, -0.25) is 4.79 Å². The minimum atomic E-state index is -0.0883. The first kappa shape index (κ1) is 15.0. The molecule has 0 aliphatic heterocycles. The highest BCUT2D eigenvalue weighted by atomic mass is 16.2. The Morgan fingerprint density at radius 1 is 1.19 bits per heavy atom. The summed E-state index contributed by atoms with van der Waals surface area (Å²) in [6, 6.07) is 7.99. The van der Waals surface area contributed by atoms with E-state index in [4.69, 9.17) is 0 Å². The Kier molecular flexibility index (Phi) is 4.87. The molecule has 0 saturated carbocycles. The summed E-state index contributed by atoms with van der Waals surface area (Å²) in [6.07, 6.45) is 3.10. The molecule has 0 radical (unpaired) electrons. The average Bonchev–Trinajstić information content (AvgIpc) is 2.49. The van der Waals surface area contributed by atoms with Crippen molar-refractivity contribution in [3.05, 3.63) is 47.9 Å². The number of hydrogen-bond donors (Lipinski definition) is 1. The molecule has 2 aromatic rings. The third-order valence-electron chi connectivity index (χ3n) is 3.21. The van der Waals surface area contributed by atoms with E-state index >= 15 is 0 Å². The lowest BCUT2D eigenvalue weighted by Crippen LogP contribution is -2.31. The van der Waals surface area contributed by atoms with Crippen molar-refractivity contribution >= 4 is 17.4 Å². The van der Waals surface area contributed by atoms with Crippen LogP contribution in [-0.2, 0) is 0 Å². The van der Waals surface area contributed by atoms with Crippen LogP contribution in [0.5, 0.6) is 0 Å². The minimum absolute atomic E-state index is 0.0883. The predicted molar refractivity (Wildman–Crippen MR) is 83.7 cm³/mol. The van der Waals surface area contributed by atoms with Gasteiger partial charge in [-0.1, -0.05) is 12.1 Å². The summed E-state index contributed by atoms with van der Waals surface area (Å²) in [5.41, 5.74) is 2.49. The number of carbonyl (C=O) groups is 1. The number of nitrogens with one attached hydrogen (secondary N) is 1. The predicted octanol–water partition coefficient (Wildman–Crippen LogP) is 3.01. The number of anilines is 2. The summed E-state index contributed by atoms with van der Waals surface area (Å²) < 4.78 is 0. The van der Waals surface area contributed by atoms with Gasteiger partial charge in [-0.2, -0.15) is 0 Å². The van der Waals surface area contributed by atoms with Gasteiger partial charge in [0.1, 0.15) is 11.5 Å². The van der Waals surface area contributed by atoms with Gasteiger partial charge < -0.3 is 10.2 Å². The van der Waals surface area contributed by atoms with E-state index in [9.17, 15) is 4.79 Å². The van der Waals surface area contributed by atoms with Gasteiger partial charge in [0.15, 0.2) is 0 Å².